The second-order valence-electron chi connectivity index (χ2n) is 7.50. The maximum Gasteiger partial charge on any atom is 0.305 e. The topological polar surface area (TPSA) is 123 Å². The number of aliphatic hydroxyl groups excluding tert-OH is 2. The average Bonchev–Trinajstić information content (AvgIpc) is 3.00. The van der Waals surface area contributed by atoms with Crippen molar-refractivity contribution in [2.45, 2.75) is 82.8 Å². The summed E-state index contributed by atoms with van der Waals surface area (Å²) in [5, 5.41) is 20.5. The van der Waals surface area contributed by atoms with Crippen LogP contribution < -0.4 is 10.3 Å². The molecule has 0 spiro atoms. The summed E-state index contributed by atoms with van der Waals surface area (Å²) in [5.74, 6) is -0.945. The SMILES string of the molecule is CCCCCCCCCC(=O)OC[C@H]1OC([n+]2cccc(C(N)=O)c2)[C@H](O)[C@@H]1O. The van der Waals surface area contributed by atoms with Crippen molar-refractivity contribution in [2.75, 3.05) is 6.61 Å². The molecule has 1 aliphatic rings. The van der Waals surface area contributed by atoms with E-state index in [1.165, 1.54) is 36.4 Å². The fourth-order valence-electron chi connectivity index (χ4n) is 3.38. The zero-order valence-electron chi connectivity index (χ0n) is 17.0. The molecule has 0 aromatic carbocycles. The van der Waals surface area contributed by atoms with Gasteiger partial charge in [-0.25, -0.2) is 0 Å². The van der Waals surface area contributed by atoms with Crippen LogP contribution in [0.2, 0.25) is 0 Å². The van der Waals surface area contributed by atoms with Gasteiger partial charge in [-0.15, -0.1) is 0 Å². The first-order chi connectivity index (χ1) is 13.9. The zero-order valence-corrected chi connectivity index (χ0v) is 17.0. The predicted molar refractivity (Wildman–Crippen MR) is 105 cm³/mol. The van der Waals surface area contributed by atoms with E-state index in [0.717, 1.165) is 19.3 Å². The van der Waals surface area contributed by atoms with Crippen LogP contribution in [0, 0.1) is 0 Å². The van der Waals surface area contributed by atoms with E-state index in [2.05, 4.69) is 6.92 Å². The minimum atomic E-state index is -1.23. The molecule has 29 heavy (non-hydrogen) atoms. The average molecular weight is 410 g/mol. The van der Waals surface area contributed by atoms with Crippen molar-refractivity contribution in [2.24, 2.45) is 5.73 Å². The van der Waals surface area contributed by atoms with Gasteiger partial charge >= 0.3 is 5.97 Å². The number of aromatic nitrogens is 1. The van der Waals surface area contributed by atoms with Crippen molar-refractivity contribution in [3.8, 4) is 0 Å². The summed E-state index contributed by atoms with van der Waals surface area (Å²) in [7, 11) is 0. The molecule has 4 atom stereocenters. The minimum absolute atomic E-state index is 0.139. The van der Waals surface area contributed by atoms with Crippen LogP contribution in [0.15, 0.2) is 24.5 Å². The van der Waals surface area contributed by atoms with E-state index < -0.39 is 30.4 Å². The first-order valence-electron chi connectivity index (χ1n) is 10.4. The molecule has 0 aliphatic carbocycles. The number of pyridine rings is 1. The van der Waals surface area contributed by atoms with E-state index in [1.807, 2.05) is 0 Å². The Hall–Kier alpha value is -2.03. The lowest BCUT2D eigenvalue weighted by molar-refractivity contribution is -0.765. The number of unbranched alkanes of at least 4 members (excludes halogenated alkanes) is 6. The molecule has 1 saturated heterocycles. The van der Waals surface area contributed by atoms with Gasteiger partial charge in [0.25, 0.3) is 12.1 Å². The Labute approximate surface area is 171 Å². The standard InChI is InChI=1S/C21H32N2O6/c1-2-3-4-5-6-7-8-11-17(24)28-14-16-18(25)19(26)21(29-16)23-12-9-10-15(13-23)20(22)27/h9-10,12-13,16,18-19,21,25-26H,2-8,11,14H2,1H3,(H-,22,27)/p+1/t16-,18-,19-,21?/m1/s1. The highest BCUT2D eigenvalue weighted by Crippen LogP contribution is 2.26. The summed E-state index contributed by atoms with van der Waals surface area (Å²) >= 11 is 0. The second-order valence-corrected chi connectivity index (χ2v) is 7.50. The molecule has 0 bridgehead atoms. The summed E-state index contributed by atoms with van der Waals surface area (Å²) in [6.45, 7) is 2.04. The van der Waals surface area contributed by atoms with Gasteiger partial charge in [0.15, 0.2) is 18.5 Å². The number of hydrogen-bond acceptors (Lipinski definition) is 6. The largest absolute Gasteiger partial charge is 0.463 e. The molecule has 1 aromatic heterocycles. The lowest BCUT2D eigenvalue weighted by Gasteiger charge is -2.13. The molecular formula is C21H33N2O6+. The van der Waals surface area contributed by atoms with Crippen molar-refractivity contribution >= 4 is 11.9 Å². The van der Waals surface area contributed by atoms with Gasteiger partial charge in [-0.2, -0.15) is 4.57 Å². The van der Waals surface area contributed by atoms with Gasteiger partial charge in [-0.1, -0.05) is 45.4 Å². The zero-order chi connectivity index (χ0) is 21.2. The first-order valence-corrected chi connectivity index (χ1v) is 10.4. The van der Waals surface area contributed by atoms with Crippen LogP contribution in [0.3, 0.4) is 0 Å². The predicted octanol–water partition coefficient (Wildman–Crippen LogP) is 1.38. The summed E-state index contributed by atoms with van der Waals surface area (Å²) in [4.78, 5) is 23.2. The van der Waals surface area contributed by atoms with Crippen LogP contribution in [-0.2, 0) is 14.3 Å². The number of amides is 1. The van der Waals surface area contributed by atoms with Gasteiger partial charge in [-0.3, -0.25) is 9.59 Å². The molecule has 8 heteroatoms. The van der Waals surface area contributed by atoms with Crippen LogP contribution in [-0.4, -0.2) is 47.0 Å². The normalized spacial score (nSPS) is 23.8. The number of primary amides is 1. The van der Waals surface area contributed by atoms with Gasteiger partial charge in [-0.05, 0) is 12.5 Å². The molecular weight excluding hydrogens is 376 g/mol. The molecule has 1 fully saturated rings. The molecule has 162 valence electrons. The van der Waals surface area contributed by atoms with Gasteiger partial charge in [0.2, 0.25) is 0 Å². The Morgan fingerprint density at radius 1 is 1.14 bits per heavy atom. The highest BCUT2D eigenvalue weighted by atomic mass is 16.6. The number of carbonyl (C=O) groups is 2. The summed E-state index contributed by atoms with van der Waals surface area (Å²) in [6, 6.07) is 3.14. The Kier molecular flexibility index (Phi) is 9.50. The summed E-state index contributed by atoms with van der Waals surface area (Å²) in [6.07, 6.45) is 6.97. The molecule has 1 unspecified atom stereocenters. The smallest absolute Gasteiger partial charge is 0.305 e. The highest BCUT2D eigenvalue weighted by molar-refractivity contribution is 5.92. The molecule has 2 rings (SSSR count). The molecule has 4 N–H and O–H groups in total. The van der Waals surface area contributed by atoms with E-state index in [4.69, 9.17) is 15.2 Å². The van der Waals surface area contributed by atoms with Gasteiger partial charge < -0.3 is 25.4 Å². The Morgan fingerprint density at radius 3 is 2.52 bits per heavy atom. The quantitative estimate of drug-likeness (QED) is 0.272. The Bertz CT molecular complexity index is 668. The van der Waals surface area contributed by atoms with Gasteiger partial charge in [0, 0.05) is 12.5 Å². The number of hydrogen-bond donors (Lipinski definition) is 3. The molecule has 1 aromatic rings. The third-order valence-corrected chi connectivity index (χ3v) is 5.13. The third kappa shape index (κ3) is 7.06. The number of nitrogens with zero attached hydrogens (tertiary/aromatic N) is 1. The first kappa shape index (κ1) is 23.3. The van der Waals surface area contributed by atoms with E-state index in [-0.39, 0.29) is 18.1 Å². The van der Waals surface area contributed by atoms with Crippen molar-refractivity contribution in [3.05, 3.63) is 30.1 Å². The van der Waals surface area contributed by atoms with Crippen LogP contribution in [0.1, 0.15) is 74.9 Å². The van der Waals surface area contributed by atoms with Crippen molar-refractivity contribution < 1.29 is 33.8 Å². The molecule has 2 heterocycles. The van der Waals surface area contributed by atoms with Gasteiger partial charge in [0.1, 0.15) is 24.4 Å². The number of ether oxygens (including phenoxy) is 2. The van der Waals surface area contributed by atoms with E-state index >= 15 is 0 Å². The maximum absolute atomic E-state index is 11.9. The number of esters is 1. The van der Waals surface area contributed by atoms with Crippen LogP contribution in [0.4, 0.5) is 0 Å². The maximum atomic E-state index is 11.9. The number of carbonyl (C=O) groups excluding carboxylic acids is 2. The van der Waals surface area contributed by atoms with Crippen LogP contribution in [0.5, 0.6) is 0 Å². The number of nitrogens with two attached hydrogens (primary N) is 1. The van der Waals surface area contributed by atoms with E-state index in [1.54, 1.807) is 18.3 Å². The van der Waals surface area contributed by atoms with E-state index in [9.17, 15) is 19.8 Å². The fourth-order valence-corrected chi connectivity index (χ4v) is 3.38. The molecule has 8 nitrogen and oxygen atoms in total. The lowest BCUT2D eigenvalue weighted by atomic mass is 10.1. The van der Waals surface area contributed by atoms with Crippen molar-refractivity contribution in [1.29, 1.82) is 0 Å². The summed E-state index contributed by atoms with van der Waals surface area (Å²) in [5.41, 5.74) is 5.52. The molecule has 1 amide bonds. The summed E-state index contributed by atoms with van der Waals surface area (Å²) < 4.78 is 12.4. The Balaban J connectivity index is 1.75. The fraction of sp³-hybridized carbons (Fsp3) is 0.667. The number of rotatable bonds is 12. The molecule has 0 radical (unpaired) electrons. The van der Waals surface area contributed by atoms with Crippen LogP contribution >= 0.6 is 0 Å². The third-order valence-electron chi connectivity index (χ3n) is 5.13. The van der Waals surface area contributed by atoms with E-state index in [0.29, 0.717) is 6.42 Å². The van der Waals surface area contributed by atoms with Gasteiger partial charge in [0.05, 0.1) is 0 Å². The Morgan fingerprint density at radius 2 is 1.83 bits per heavy atom. The second kappa shape index (κ2) is 11.8. The monoisotopic (exact) mass is 409 g/mol. The van der Waals surface area contributed by atoms with Crippen LogP contribution in [0.25, 0.3) is 0 Å². The molecule has 1 aliphatic heterocycles. The molecule has 0 saturated carbocycles. The lowest BCUT2D eigenvalue weighted by Crippen LogP contribution is -2.46. The van der Waals surface area contributed by atoms with Crippen molar-refractivity contribution in [1.82, 2.24) is 0 Å². The number of aliphatic hydroxyl groups is 2. The minimum Gasteiger partial charge on any atom is -0.463 e. The highest BCUT2D eigenvalue weighted by Gasteiger charge is 2.48. The van der Waals surface area contributed by atoms with Crippen molar-refractivity contribution in [3.63, 3.8) is 0 Å².